The van der Waals surface area contributed by atoms with E-state index < -0.39 is 0 Å². The topological polar surface area (TPSA) is 29.3 Å². The van der Waals surface area contributed by atoms with E-state index in [1.807, 2.05) is 0 Å². The molecule has 2 nitrogen and oxygen atoms in total. The van der Waals surface area contributed by atoms with Crippen molar-refractivity contribution in [3.05, 3.63) is 0 Å². The number of nitrogens with zero attached hydrogens (tertiary/aromatic N) is 1. The first kappa shape index (κ1) is 15.0. The summed E-state index contributed by atoms with van der Waals surface area (Å²) >= 11 is 0. The van der Waals surface area contributed by atoms with E-state index in [4.69, 9.17) is 5.73 Å². The molecule has 0 saturated heterocycles. The van der Waals surface area contributed by atoms with Gasteiger partial charge in [0.1, 0.15) is 0 Å². The van der Waals surface area contributed by atoms with Gasteiger partial charge < -0.3 is 5.73 Å². The van der Waals surface area contributed by atoms with Crippen molar-refractivity contribution in [2.24, 2.45) is 17.6 Å². The van der Waals surface area contributed by atoms with Gasteiger partial charge in [0.05, 0.1) is 0 Å². The Morgan fingerprint density at radius 3 is 2.35 bits per heavy atom. The Morgan fingerprint density at radius 1 is 1.29 bits per heavy atom. The lowest BCUT2D eigenvalue weighted by Gasteiger charge is -2.51. The molecule has 1 aliphatic rings. The van der Waals surface area contributed by atoms with Crippen LogP contribution in [0.3, 0.4) is 0 Å². The first-order chi connectivity index (χ1) is 8.00. The van der Waals surface area contributed by atoms with Gasteiger partial charge in [-0.1, -0.05) is 27.7 Å². The van der Waals surface area contributed by atoms with E-state index in [0.29, 0.717) is 6.04 Å². The van der Waals surface area contributed by atoms with E-state index in [1.165, 1.54) is 25.7 Å². The van der Waals surface area contributed by atoms with Crippen LogP contribution in [0.1, 0.15) is 60.3 Å². The maximum Gasteiger partial charge on any atom is 0.0337 e. The number of likely N-dealkylation sites (N-methyl/N-ethyl adjacent to an activating group) is 1. The van der Waals surface area contributed by atoms with Crippen molar-refractivity contribution in [1.82, 2.24) is 4.90 Å². The summed E-state index contributed by atoms with van der Waals surface area (Å²) in [5.41, 5.74) is 6.45. The van der Waals surface area contributed by atoms with Crippen LogP contribution in [-0.2, 0) is 0 Å². The van der Waals surface area contributed by atoms with E-state index >= 15 is 0 Å². The number of hydrogen-bond acceptors (Lipinski definition) is 2. The van der Waals surface area contributed by atoms with Crippen molar-refractivity contribution >= 4 is 0 Å². The highest BCUT2D eigenvalue weighted by molar-refractivity contribution is 4.98. The van der Waals surface area contributed by atoms with E-state index in [0.717, 1.165) is 24.9 Å². The summed E-state index contributed by atoms with van der Waals surface area (Å²) in [6.45, 7) is 13.7. The zero-order chi connectivity index (χ0) is 13.1. The summed E-state index contributed by atoms with van der Waals surface area (Å²) in [5, 5.41) is 0. The molecular formula is C15H32N2. The Balaban J connectivity index is 2.86. The predicted octanol–water partition coefficient (Wildman–Crippen LogP) is 3.26. The van der Waals surface area contributed by atoms with Gasteiger partial charge in [0.2, 0.25) is 0 Å². The molecule has 0 radical (unpaired) electrons. The van der Waals surface area contributed by atoms with Crippen LogP contribution in [0.25, 0.3) is 0 Å². The SMILES string of the molecule is CCC(C)N(CC)C1(CN)CCC(C)C(C)C1. The molecule has 4 unspecified atom stereocenters. The van der Waals surface area contributed by atoms with E-state index in [1.54, 1.807) is 0 Å². The van der Waals surface area contributed by atoms with Crippen molar-refractivity contribution in [1.29, 1.82) is 0 Å². The molecule has 1 fully saturated rings. The fourth-order valence-corrected chi connectivity index (χ4v) is 3.58. The molecule has 2 N–H and O–H groups in total. The Morgan fingerprint density at radius 2 is 1.94 bits per heavy atom. The molecule has 1 aliphatic carbocycles. The van der Waals surface area contributed by atoms with Crippen LogP contribution in [0.4, 0.5) is 0 Å². The quantitative estimate of drug-likeness (QED) is 0.799. The summed E-state index contributed by atoms with van der Waals surface area (Å²) in [4.78, 5) is 2.68. The molecule has 0 amide bonds. The van der Waals surface area contributed by atoms with Gasteiger partial charge in [-0.2, -0.15) is 0 Å². The molecule has 0 bridgehead atoms. The smallest absolute Gasteiger partial charge is 0.0337 e. The predicted molar refractivity (Wildman–Crippen MR) is 76.1 cm³/mol. The molecule has 1 rings (SSSR count). The fourth-order valence-electron chi connectivity index (χ4n) is 3.58. The summed E-state index contributed by atoms with van der Waals surface area (Å²) in [6.07, 6.45) is 5.13. The highest BCUT2D eigenvalue weighted by atomic mass is 15.2. The molecule has 17 heavy (non-hydrogen) atoms. The molecular weight excluding hydrogens is 208 g/mol. The molecule has 0 aliphatic heterocycles. The average molecular weight is 240 g/mol. The lowest BCUT2D eigenvalue weighted by atomic mass is 9.70. The monoisotopic (exact) mass is 240 g/mol. The third kappa shape index (κ3) is 3.03. The summed E-state index contributed by atoms with van der Waals surface area (Å²) < 4.78 is 0. The Hall–Kier alpha value is -0.0800. The van der Waals surface area contributed by atoms with Crippen molar-refractivity contribution in [3.63, 3.8) is 0 Å². The molecule has 0 aromatic rings. The van der Waals surface area contributed by atoms with Crippen LogP contribution < -0.4 is 5.73 Å². The highest BCUT2D eigenvalue weighted by Gasteiger charge is 2.41. The van der Waals surface area contributed by atoms with Crippen molar-refractivity contribution in [2.45, 2.75) is 71.9 Å². The molecule has 0 aromatic carbocycles. The molecule has 0 spiro atoms. The highest BCUT2D eigenvalue weighted by Crippen LogP contribution is 2.40. The van der Waals surface area contributed by atoms with Gasteiger partial charge in [-0.25, -0.2) is 0 Å². The Bertz CT molecular complexity index is 229. The average Bonchev–Trinajstić information content (AvgIpc) is 2.34. The summed E-state index contributed by atoms with van der Waals surface area (Å²) in [6, 6.07) is 0.657. The van der Waals surface area contributed by atoms with Gasteiger partial charge in [0.15, 0.2) is 0 Å². The third-order valence-corrected chi connectivity index (χ3v) is 5.19. The van der Waals surface area contributed by atoms with Gasteiger partial charge >= 0.3 is 0 Å². The van der Waals surface area contributed by atoms with Gasteiger partial charge in [-0.15, -0.1) is 0 Å². The maximum absolute atomic E-state index is 6.17. The van der Waals surface area contributed by atoms with E-state index in [9.17, 15) is 0 Å². The normalized spacial score (nSPS) is 36.2. The number of nitrogens with two attached hydrogens (primary N) is 1. The lowest BCUT2D eigenvalue weighted by Crippen LogP contribution is -2.59. The largest absolute Gasteiger partial charge is 0.329 e. The minimum Gasteiger partial charge on any atom is -0.329 e. The van der Waals surface area contributed by atoms with Gasteiger partial charge in [-0.05, 0) is 51.0 Å². The second-order valence-electron chi connectivity index (χ2n) is 6.17. The molecule has 2 heteroatoms. The first-order valence-corrected chi connectivity index (χ1v) is 7.47. The van der Waals surface area contributed by atoms with Crippen molar-refractivity contribution in [3.8, 4) is 0 Å². The van der Waals surface area contributed by atoms with Gasteiger partial charge in [0, 0.05) is 18.1 Å². The van der Waals surface area contributed by atoms with Crippen LogP contribution in [0.2, 0.25) is 0 Å². The summed E-state index contributed by atoms with van der Waals surface area (Å²) in [7, 11) is 0. The van der Waals surface area contributed by atoms with Crippen LogP contribution in [-0.4, -0.2) is 29.6 Å². The summed E-state index contributed by atoms with van der Waals surface area (Å²) in [5.74, 6) is 1.68. The molecule has 102 valence electrons. The third-order valence-electron chi connectivity index (χ3n) is 5.19. The fraction of sp³-hybridized carbons (Fsp3) is 1.00. The molecule has 0 heterocycles. The Kier molecular flexibility index (Phi) is 5.46. The minimum atomic E-state index is 0.274. The second kappa shape index (κ2) is 6.19. The molecule has 4 atom stereocenters. The first-order valence-electron chi connectivity index (χ1n) is 7.47. The minimum absolute atomic E-state index is 0.274. The van der Waals surface area contributed by atoms with E-state index in [-0.39, 0.29) is 5.54 Å². The maximum atomic E-state index is 6.17. The molecule has 1 saturated carbocycles. The molecule has 0 aromatic heterocycles. The van der Waals surface area contributed by atoms with E-state index in [2.05, 4.69) is 39.5 Å². The Labute approximate surface area is 108 Å². The standard InChI is InChI=1S/C15H32N2/c1-6-14(5)17(7-2)15(11-16)9-8-12(3)13(4)10-15/h12-14H,6-11,16H2,1-5H3. The zero-order valence-corrected chi connectivity index (χ0v) is 12.5. The van der Waals surface area contributed by atoms with Gasteiger partial charge in [-0.3, -0.25) is 4.90 Å². The van der Waals surface area contributed by atoms with Crippen LogP contribution in [0.5, 0.6) is 0 Å². The van der Waals surface area contributed by atoms with Crippen LogP contribution in [0.15, 0.2) is 0 Å². The van der Waals surface area contributed by atoms with Gasteiger partial charge in [0.25, 0.3) is 0 Å². The van der Waals surface area contributed by atoms with Crippen molar-refractivity contribution < 1.29 is 0 Å². The number of hydrogen-bond donors (Lipinski definition) is 1. The zero-order valence-electron chi connectivity index (χ0n) is 12.5. The van der Waals surface area contributed by atoms with Crippen LogP contribution >= 0.6 is 0 Å². The second-order valence-corrected chi connectivity index (χ2v) is 6.17. The van der Waals surface area contributed by atoms with Crippen LogP contribution in [0, 0.1) is 11.8 Å². The lowest BCUT2D eigenvalue weighted by molar-refractivity contribution is -0.00195. The van der Waals surface area contributed by atoms with Crippen molar-refractivity contribution in [2.75, 3.05) is 13.1 Å². The number of rotatable bonds is 5.